The van der Waals surface area contributed by atoms with Gasteiger partial charge in [-0.3, -0.25) is 4.79 Å². The Balaban J connectivity index is 2.55. The van der Waals surface area contributed by atoms with Crippen molar-refractivity contribution in [3.05, 3.63) is 23.8 Å². The first kappa shape index (κ1) is 11.9. The van der Waals surface area contributed by atoms with Crippen molar-refractivity contribution in [2.24, 2.45) is 0 Å². The predicted octanol–water partition coefficient (Wildman–Crippen LogP) is 1.12. The minimum absolute atomic E-state index is 0.275. The van der Waals surface area contributed by atoms with Crippen molar-refractivity contribution in [3.63, 3.8) is 0 Å². The molecule has 0 unspecified atom stereocenters. The maximum atomic E-state index is 10.8. The Bertz CT molecular complexity index is 424. The first-order valence-electron chi connectivity index (χ1n) is 4.77. The summed E-state index contributed by atoms with van der Waals surface area (Å²) in [6.07, 6.45) is 0.281. The lowest BCUT2D eigenvalue weighted by molar-refractivity contribution is -0.140. The fourth-order valence-electron chi connectivity index (χ4n) is 1.17. The van der Waals surface area contributed by atoms with Crippen LogP contribution in [0.15, 0.2) is 18.2 Å². The van der Waals surface area contributed by atoms with Crippen molar-refractivity contribution in [2.75, 3.05) is 24.7 Å². The molecule has 0 radical (unpaired) electrons. The van der Waals surface area contributed by atoms with Gasteiger partial charge >= 0.3 is 5.97 Å². The van der Waals surface area contributed by atoms with E-state index in [0.717, 1.165) is 5.69 Å². The van der Waals surface area contributed by atoms with Gasteiger partial charge in [0.1, 0.15) is 6.07 Å². The molecule has 5 heteroatoms. The number of nitrogens with zero attached hydrogens (tertiary/aromatic N) is 1. The molecule has 0 atom stereocenters. The van der Waals surface area contributed by atoms with Crippen molar-refractivity contribution in [1.29, 1.82) is 5.26 Å². The van der Waals surface area contributed by atoms with Crippen molar-refractivity contribution >= 4 is 17.3 Å². The molecular weight excluding hydrogens is 206 g/mol. The highest BCUT2D eigenvalue weighted by molar-refractivity contribution is 5.70. The van der Waals surface area contributed by atoms with E-state index in [-0.39, 0.29) is 12.4 Å². The molecule has 0 heterocycles. The van der Waals surface area contributed by atoms with Gasteiger partial charge in [-0.15, -0.1) is 0 Å². The van der Waals surface area contributed by atoms with Crippen LogP contribution in [0.4, 0.5) is 11.4 Å². The quantitative estimate of drug-likeness (QED) is 0.585. The van der Waals surface area contributed by atoms with Gasteiger partial charge in [-0.1, -0.05) is 0 Å². The highest BCUT2D eigenvalue weighted by Crippen LogP contribution is 2.16. The van der Waals surface area contributed by atoms with E-state index in [0.29, 0.717) is 17.8 Å². The molecule has 0 saturated heterocycles. The third kappa shape index (κ3) is 3.17. The lowest BCUT2D eigenvalue weighted by atomic mass is 10.2. The Kier molecular flexibility index (Phi) is 4.16. The molecule has 0 bridgehead atoms. The van der Waals surface area contributed by atoms with Crippen molar-refractivity contribution in [2.45, 2.75) is 6.42 Å². The second kappa shape index (κ2) is 5.61. The molecule has 16 heavy (non-hydrogen) atoms. The average Bonchev–Trinajstić information content (AvgIpc) is 2.31. The van der Waals surface area contributed by atoms with Crippen LogP contribution < -0.4 is 11.1 Å². The van der Waals surface area contributed by atoms with E-state index < -0.39 is 0 Å². The molecule has 0 aliphatic carbocycles. The van der Waals surface area contributed by atoms with E-state index in [1.54, 1.807) is 18.2 Å². The smallest absolute Gasteiger partial charge is 0.307 e. The zero-order chi connectivity index (χ0) is 12.0. The van der Waals surface area contributed by atoms with E-state index in [4.69, 9.17) is 11.0 Å². The number of nitrogens with one attached hydrogen (secondary N) is 1. The zero-order valence-electron chi connectivity index (χ0n) is 8.99. The third-order valence-electron chi connectivity index (χ3n) is 2.06. The van der Waals surface area contributed by atoms with Gasteiger partial charge in [0.25, 0.3) is 0 Å². The van der Waals surface area contributed by atoms with Crippen LogP contribution in [0.3, 0.4) is 0 Å². The number of carbonyl (C=O) groups is 1. The minimum atomic E-state index is -0.275. The van der Waals surface area contributed by atoms with E-state index in [1.807, 2.05) is 6.07 Å². The molecule has 0 aromatic heterocycles. The molecule has 0 amide bonds. The van der Waals surface area contributed by atoms with E-state index in [1.165, 1.54) is 7.11 Å². The van der Waals surface area contributed by atoms with Crippen LogP contribution in [-0.2, 0) is 9.53 Å². The second-order valence-electron chi connectivity index (χ2n) is 3.17. The number of hydrogen-bond donors (Lipinski definition) is 2. The SMILES string of the molecule is COC(=O)CCNc1ccc(N)c(C#N)c1. The summed E-state index contributed by atoms with van der Waals surface area (Å²) < 4.78 is 4.50. The Morgan fingerprint density at radius 2 is 2.38 bits per heavy atom. The fourth-order valence-corrected chi connectivity index (χ4v) is 1.17. The largest absolute Gasteiger partial charge is 0.469 e. The number of nitrogens with two attached hydrogens (primary N) is 1. The van der Waals surface area contributed by atoms with Gasteiger partial charge in [-0.25, -0.2) is 0 Å². The first-order chi connectivity index (χ1) is 7.67. The molecule has 0 saturated carbocycles. The van der Waals surface area contributed by atoms with Crippen molar-refractivity contribution in [3.8, 4) is 6.07 Å². The van der Waals surface area contributed by atoms with Crippen LogP contribution in [0.2, 0.25) is 0 Å². The molecule has 1 rings (SSSR count). The molecule has 3 N–H and O–H groups in total. The lowest BCUT2D eigenvalue weighted by Crippen LogP contribution is -2.09. The Morgan fingerprint density at radius 1 is 1.62 bits per heavy atom. The van der Waals surface area contributed by atoms with E-state index >= 15 is 0 Å². The summed E-state index contributed by atoms with van der Waals surface area (Å²) in [5, 5.41) is 11.8. The number of nitrogen functional groups attached to an aromatic ring is 1. The number of benzene rings is 1. The van der Waals surface area contributed by atoms with Gasteiger partial charge in [0, 0.05) is 17.9 Å². The molecule has 0 aliphatic heterocycles. The second-order valence-corrected chi connectivity index (χ2v) is 3.17. The number of esters is 1. The number of ether oxygens (including phenoxy) is 1. The van der Waals surface area contributed by atoms with E-state index in [9.17, 15) is 4.79 Å². The Hall–Kier alpha value is -2.22. The van der Waals surface area contributed by atoms with Crippen LogP contribution in [0.1, 0.15) is 12.0 Å². The molecule has 0 aliphatic rings. The topological polar surface area (TPSA) is 88.1 Å². The van der Waals surface area contributed by atoms with Crippen LogP contribution in [0.25, 0.3) is 0 Å². The van der Waals surface area contributed by atoms with Crippen LogP contribution in [0.5, 0.6) is 0 Å². The number of carbonyl (C=O) groups excluding carboxylic acids is 1. The number of rotatable bonds is 4. The Labute approximate surface area is 93.8 Å². The van der Waals surface area contributed by atoms with Crippen molar-refractivity contribution < 1.29 is 9.53 Å². The van der Waals surface area contributed by atoms with E-state index in [2.05, 4.69) is 10.1 Å². The minimum Gasteiger partial charge on any atom is -0.469 e. The summed E-state index contributed by atoms with van der Waals surface area (Å²) >= 11 is 0. The molecule has 0 fully saturated rings. The first-order valence-corrected chi connectivity index (χ1v) is 4.77. The molecule has 5 nitrogen and oxygen atoms in total. The highest BCUT2D eigenvalue weighted by atomic mass is 16.5. The predicted molar refractivity (Wildman–Crippen MR) is 60.7 cm³/mol. The number of anilines is 2. The maximum absolute atomic E-state index is 10.8. The van der Waals surface area contributed by atoms with Gasteiger partial charge in [-0.2, -0.15) is 5.26 Å². The average molecular weight is 219 g/mol. The Morgan fingerprint density at radius 3 is 3.00 bits per heavy atom. The number of methoxy groups -OCH3 is 1. The number of hydrogen-bond acceptors (Lipinski definition) is 5. The standard InChI is InChI=1S/C11H13N3O2/c1-16-11(15)4-5-14-9-2-3-10(13)8(6-9)7-12/h2-3,6,14H,4-5,13H2,1H3. The molecule has 1 aromatic rings. The third-order valence-corrected chi connectivity index (χ3v) is 2.06. The summed E-state index contributed by atoms with van der Waals surface area (Å²) in [6, 6.07) is 7.04. The molecule has 0 spiro atoms. The number of nitriles is 1. The van der Waals surface area contributed by atoms with Gasteiger partial charge in [0.2, 0.25) is 0 Å². The fraction of sp³-hybridized carbons (Fsp3) is 0.273. The summed E-state index contributed by atoms with van der Waals surface area (Å²) in [4.78, 5) is 10.8. The highest BCUT2D eigenvalue weighted by Gasteiger charge is 2.02. The lowest BCUT2D eigenvalue weighted by Gasteiger charge is -2.06. The zero-order valence-corrected chi connectivity index (χ0v) is 8.99. The molecule has 1 aromatic carbocycles. The summed E-state index contributed by atoms with van der Waals surface area (Å²) in [7, 11) is 1.35. The van der Waals surface area contributed by atoms with Crippen LogP contribution >= 0.6 is 0 Å². The summed E-state index contributed by atoms with van der Waals surface area (Å²) in [5.74, 6) is -0.275. The van der Waals surface area contributed by atoms with Gasteiger partial charge < -0.3 is 15.8 Å². The molecular formula is C11H13N3O2. The summed E-state index contributed by atoms with van der Waals surface area (Å²) in [5.41, 5.74) is 7.20. The van der Waals surface area contributed by atoms with Crippen LogP contribution in [0, 0.1) is 11.3 Å². The van der Waals surface area contributed by atoms with Gasteiger partial charge in [0.15, 0.2) is 0 Å². The van der Waals surface area contributed by atoms with Crippen LogP contribution in [-0.4, -0.2) is 19.6 Å². The monoisotopic (exact) mass is 219 g/mol. The normalized spacial score (nSPS) is 9.25. The summed E-state index contributed by atoms with van der Waals surface area (Å²) in [6.45, 7) is 0.460. The van der Waals surface area contributed by atoms with Crippen molar-refractivity contribution in [1.82, 2.24) is 0 Å². The van der Waals surface area contributed by atoms with Gasteiger partial charge in [0.05, 0.1) is 19.1 Å². The maximum Gasteiger partial charge on any atom is 0.307 e. The van der Waals surface area contributed by atoms with Gasteiger partial charge in [-0.05, 0) is 18.2 Å². The molecule has 84 valence electrons.